The SMILES string of the molecule is Cc1cn(-c2ccccc2)nc1OCC(=O)N1C[C@H](C)C[C@H](C)C1. The molecule has 2 heterocycles. The zero-order valence-corrected chi connectivity index (χ0v) is 14.6. The van der Waals surface area contributed by atoms with E-state index in [0.29, 0.717) is 17.7 Å². The van der Waals surface area contributed by atoms with Crippen LogP contribution in [-0.2, 0) is 4.79 Å². The van der Waals surface area contributed by atoms with Crippen LogP contribution in [0.3, 0.4) is 0 Å². The molecule has 1 aliphatic heterocycles. The summed E-state index contributed by atoms with van der Waals surface area (Å²) in [5, 5.41) is 4.45. The number of aromatic nitrogens is 2. The Hall–Kier alpha value is -2.30. The summed E-state index contributed by atoms with van der Waals surface area (Å²) >= 11 is 0. The number of hydrogen-bond acceptors (Lipinski definition) is 3. The molecule has 0 spiro atoms. The molecule has 1 fully saturated rings. The number of benzene rings is 1. The topological polar surface area (TPSA) is 47.4 Å². The fourth-order valence-corrected chi connectivity index (χ4v) is 3.39. The van der Waals surface area contributed by atoms with E-state index in [9.17, 15) is 4.79 Å². The first-order chi connectivity index (χ1) is 11.5. The summed E-state index contributed by atoms with van der Waals surface area (Å²) in [6.07, 6.45) is 3.10. The maximum Gasteiger partial charge on any atom is 0.260 e. The van der Waals surface area contributed by atoms with Gasteiger partial charge in [0, 0.05) is 24.8 Å². The Morgan fingerprint density at radius 3 is 2.54 bits per heavy atom. The van der Waals surface area contributed by atoms with Gasteiger partial charge in [0.15, 0.2) is 6.61 Å². The number of amides is 1. The molecule has 0 radical (unpaired) electrons. The van der Waals surface area contributed by atoms with Crippen LogP contribution in [0.2, 0.25) is 0 Å². The molecule has 128 valence electrons. The van der Waals surface area contributed by atoms with Gasteiger partial charge in [0.25, 0.3) is 5.91 Å². The van der Waals surface area contributed by atoms with E-state index < -0.39 is 0 Å². The van der Waals surface area contributed by atoms with Crippen molar-refractivity contribution < 1.29 is 9.53 Å². The molecule has 0 saturated carbocycles. The number of para-hydroxylation sites is 1. The first kappa shape index (κ1) is 16.6. The number of nitrogens with zero attached hydrogens (tertiary/aromatic N) is 3. The molecule has 0 N–H and O–H groups in total. The van der Waals surface area contributed by atoms with Gasteiger partial charge in [-0.05, 0) is 37.3 Å². The maximum atomic E-state index is 12.4. The Kier molecular flexibility index (Phi) is 4.88. The first-order valence-corrected chi connectivity index (χ1v) is 8.55. The third-order valence-electron chi connectivity index (χ3n) is 4.43. The Labute approximate surface area is 143 Å². The minimum Gasteiger partial charge on any atom is -0.466 e. The molecule has 5 nitrogen and oxygen atoms in total. The number of rotatable bonds is 4. The molecule has 24 heavy (non-hydrogen) atoms. The van der Waals surface area contributed by atoms with Crippen LogP contribution in [0.25, 0.3) is 5.69 Å². The van der Waals surface area contributed by atoms with Crippen molar-refractivity contribution >= 4 is 5.91 Å². The van der Waals surface area contributed by atoms with Gasteiger partial charge in [0.05, 0.1) is 5.69 Å². The van der Waals surface area contributed by atoms with Crippen molar-refractivity contribution in [3.63, 3.8) is 0 Å². The van der Waals surface area contributed by atoms with E-state index in [1.54, 1.807) is 4.68 Å². The summed E-state index contributed by atoms with van der Waals surface area (Å²) in [5.41, 5.74) is 1.90. The summed E-state index contributed by atoms with van der Waals surface area (Å²) in [4.78, 5) is 14.3. The van der Waals surface area contributed by atoms with Crippen LogP contribution in [0.1, 0.15) is 25.8 Å². The molecule has 2 aromatic rings. The van der Waals surface area contributed by atoms with Gasteiger partial charge >= 0.3 is 0 Å². The van der Waals surface area contributed by atoms with E-state index in [1.807, 2.05) is 48.4 Å². The molecule has 5 heteroatoms. The smallest absolute Gasteiger partial charge is 0.260 e. The minimum absolute atomic E-state index is 0.0436. The molecule has 3 rings (SSSR count). The third-order valence-corrected chi connectivity index (χ3v) is 4.43. The van der Waals surface area contributed by atoms with E-state index in [-0.39, 0.29) is 12.5 Å². The Morgan fingerprint density at radius 1 is 1.21 bits per heavy atom. The number of ether oxygens (including phenoxy) is 1. The van der Waals surface area contributed by atoms with Gasteiger partial charge in [-0.1, -0.05) is 32.0 Å². The number of likely N-dealkylation sites (tertiary alicyclic amines) is 1. The predicted molar refractivity (Wildman–Crippen MR) is 93.3 cm³/mol. The summed E-state index contributed by atoms with van der Waals surface area (Å²) in [6, 6.07) is 9.87. The van der Waals surface area contributed by atoms with Crippen molar-refractivity contribution in [2.75, 3.05) is 19.7 Å². The van der Waals surface area contributed by atoms with Gasteiger partial charge in [0.1, 0.15) is 0 Å². The largest absolute Gasteiger partial charge is 0.466 e. The summed E-state index contributed by atoms with van der Waals surface area (Å²) in [5.74, 6) is 1.67. The lowest BCUT2D eigenvalue weighted by Crippen LogP contribution is -2.44. The van der Waals surface area contributed by atoms with E-state index in [0.717, 1.165) is 24.3 Å². The van der Waals surface area contributed by atoms with Gasteiger partial charge in [-0.3, -0.25) is 4.79 Å². The first-order valence-electron chi connectivity index (χ1n) is 8.55. The fourth-order valence-electron chi connectivity index (χ4n) is 3.39. The lowest BCUT2D eigenvalue weighted by Gasteiger charge is -2.34. The Balaban J connectivity index is 1.62. The molecule has 1 aliphatic rings. The molecule has 1 amide bonds. The van der Waals surface area contributed by atoms with Crippen molar-refractivity contribution in [3.8, 4) is 11.6 Å². The van der Waals surface area contributed by atoms with Crippen LogP contribution >= 0.6 is 0 Å². The Bertz CT molecular complexity index is 686. The molecule has 0 aliphatic carbocycles. The number of piperidine rings is 1. The van der Waals surface area contributed by atoms with Gasteiger partial charge in [0.2, 0.25) is 5.88 Å². The van der Waals surface area contributed by atoms with E-state index in [2.05, 4.69) is 18.9 Å². The number of aryl methyl sites for hydroxylation is 1. The molecule has 0 unspecified atom stereocenters. The predicted octanol–water partition coefficient (Wildman–Crippen LogP) is 3.06. The highest BCUT2D eigenvalue weighted by molar-refractivity contribution is 5.77. The molecule has 2 atom stereocenters. The lowest BCUT2D eigenvalue weighted by molar-refractivity contribution is -0.136. The number of carbonyl (C=O) groups is 1. The highest BCUT2D eigenvalue weighted by Gasteiger charge is 2.25. The Morgan fingerprint density at radius 2 is 1.88 bits per heavy atom. The molecule has 0 bridgehead atoms. The summed E-state index contributed by atoms with van der Waals surface area (Å²) in [7, 11) is 0. The van der Waals surface area contributed by atoms with Crippen molar-refractivity contribution in [1.29, 1.82) is 0 Å². The monoisotopic (exact) mass is 327 g/mol. The zero-order chi connectivity index (χ0) is 17.1. The average Bonchev–Trinajstić information content (AvgIpc) is 2.93. The highest BCUT2D eigenvalue weighted by atomic mass is 16.5. The van der Waals surface area contributed by atoms with Crippen LogP contribution in [0, 0.1) is 18.8 Å². The second-order valence-corrected chi connectivity index (χ2v) is 6.93. The summed E-state index contributed by atoms with van der Waals surface area (Å²) in [6.45, 7) is 8.03. The molecule has 1 aromatic heterocycles. The van der Waals surface area contributed by atoms with Crippen LogP contribution in [-0.4, -0.2) is 40.3 Å². The van der Waals surface area contributed by atoms with Gasteiger partial charge in [-0.2, -0.15) is 0 Å². The third kappa shape index (κ3) is 3.78. The van der Waals surface area contributed by atoms with Gasteiger partial charge in [-0.25, -0.2) is 4.68 Å². The van der Waals surface area contributed by atoms with Gasteiger partial charge < -0.3 is 9.64 Å². The molecule has 1 aromatic carbocycles. The van der Waals surface area contributed by atoms with Crippen LogP contribution in [0.4, 0.5) is 0 Å². The fraction of sp³-hybridized carbons (Fsp3) is 0.474. The van der Waals surface area contributed by atoms with Crippen molar-refractivity contribution in [1.82, 2.24) is 14.7 Å². The van der Waals surface area contributed by atoms with E-state index in [1.165, 1.54) is 6.42 Å². The second kappa shape index (κ2) is 7.07. The molecular formula is C19H25N3O2. The normalized spacial score (nSPS) is 20.9. The van der Waals surface area contributed by atoms with E-state index in [4.69, 9.17) is 4.74 Å². The maximum absolute atomic E-state index is 12.4. The lowest BCUT2D eigenvalue weighted by atomic mass is 9.92. The molecular weight excluding hydrogens is 302 g/mol. The molecule has 1 saturated heterocycles. The van der Waals surface area contributed by atoms with E-state index >= 15 is 0 Å². The second-order valence-electron chi connectivity index (χ2n) is 6.93. The summed E-state index contributed by atoms with van der Waals surface area (Å²) < 4.78 is 7.48. The quantitative estimate of drug-likeness (QED) is 0.867. The van der Waals surface area contributed by atoms with Crippen LogP contribution < -0.4 is 4.74 Å². The number of carbonyl (C=O) groups excluding carboxylic acids is 1. The average molecular weight is 327 g/mol. The van der Waals surface area contributed by atoms with Crippen molar-refractivity contribution in [2.45, 2.75) is 27.2 Å². The van der Waals surface area contributed by atoms with Crippen LogP contribution in [0.5, 0.6) is 5.88 Å². The minimum atomic E-state index is 0.0436. The highest BCUT2D eigenvalue weighted by Crippen LogP contribution is 2.22. The zero-order valence-electron chi connectivity index (χ0n) is 14.6. The number of hydrogen-bond donors (Lipinski definition) is 0. The van der Waals surface area contributed by atoms with Crippen LogP contribution in [0.15, 0.2) is 36.5 Å². The van der Waals surface area contributed by atoms with Crippen molar-refractivity contribution in [2.24, 2.45) is 11.8 Å². The van der Waals surface area contributed by atoms with Gasteiger partial charge in [-0.15, -0.1) is 5.10 Å². The standard InChI is InChI=1S/C19H25N3O2/c1-14-9-15(2)11-21(10-14)18(23)13-24-19-16(3)12-22(20-19)17-7-5-4-6-8-17/h4-8,12,14-15H,9-11,13H2,1-3H3/t14-,15+. The van der Waals surface area contributed by atoms with Crippen molar-refractivity contribution in [3.05, 3.63) is 42.1 Å².